The molecule has 0 unspecified atom stereocenters. The molecule has 1 aromatic heterocycles. The normalized spacial score (nSPS) is 32.4. The largest absolute Gasteiger partial charge is 0.460 e. The van der Waals surface area contributed by atoms with Crippen molar-refractivity contribution in [2.24, 2.45) is 0 Å². The maximum atomic E-state index is 10.0. The van der Waals surface area contributed by atoms with Crippen LogP contribution in [0, 0.1) is 0 Å². The van der Waals surface area contributed by atoms with Crippen LogP contribution in [0.5, 0.6) is 5.75 Å². The van der Waals surface area contributed by atoms with Gasteiger partial charge in [-0.15, -0.1) is 0 Å². The zero-order valence-corrected chi connectivity index (χ0v) is 13.9. The van der Waals surface area contributed by atoms with Crippen LogP contribution in [-0.2, 0) is 4.74 Å². The number of fused-ring (bicyclic) bond motifs is 1. The molecule has 22 heavy (non-hydrogen) atoms. The van der Waals surface area contributed by atoms with Gasteiger partial charge in [0.05, 0.1) is 22.0 Å². The zero-order valence-electron chi connectivity index (χ0n) is 11.5. The van der Waals surface area contributed by atoms with E-state index in [-0.39, 0.29) is 0 Å². The van der Waals surface area contributed by atoms with Crippen molar-refractivity contribution in [3.8, 4) is 5.75 Å². The van der Waals surface area contributed by atoms with Gasteiger partial charge in [-0.3, -0.25) is 0 Å². The zero-order chi connectivity index (χ0) is 16.0. The minimum atomic E-state index is -1.37. The van der Waals surface area contributed by atoms with Crippen molar-refractivity contribution < 1.29 is 24.8 Å². The second-order valence-corrected chi connectivity index (χ2v) is 6.47. The van der Waals surface area contributed by atoms with Crippen LogP contribution in [0.2, 0.25) is 5.02 Å². The molecule has 0 bridgehead atoms. The van der Waals surface area contributed by atoms with Crippen LogP contribution < -0.4 is 4.74 Å². The van der Waals surface area contributed by atoms with Gasteiger partial charge in [-0.25, -0.2) is 0 Å². The number of nitrogens with one attached hydrogen (secondary N) is 1. The summed E-state index contributed by atoms with van der Waals surface area (Å²) in [7, 11) is 0. The van der Waals surface area contributed by atoms with E-state index < -0.39 is 30.7 Å². The van der Waals surface area contributed by atoms with Crippen molar-refractivity contribution in [2.45, 2.75) is 37.6 Å². The predicted octanol–water partition coefficient (Wildman–Crippen LogP) is 1.79. The topological polar surface area (TPSA) is 94.9 Å². The molecule has 1 aromatic carbocycles. The van der Waals surface area contributed by atoms with Gasteiger partial charge in [0.1, 0.15) is 24.1 Å². The van der Waals surface area contributed by atoms with Crippen molar-refractivity contribution >= 4 is 38.4 Å². The number of aromatic nitrogens is 1. The Kier molecular flexibility index (Phi) is 4.37. The molecule has 2 heterocycles. The smallest absolute Gasteiger partial charge is 0.229 e. The molecule has 6 nitrogen and oxygen atoms in total. The molecule has 1 saturated heterocycles. The van der Waals surface area contributed by atoms with Crippen molar-refractivity contribution in [2.75, 3.05) is 0 Å². The fraction of sp³-hybridized carbons (Fsp3) is 0.429. The minimum absolute atomic E-state index is 0.390. The predicted molar refractivity (Wildman–Crippen MR) is 84.0 cm³/mol. The minimum Gasteiger partial charge on any atom is -0.460 e. The Bertz CT molecular complexity index is 693. The van der Waals surface area contributed by atoms with E-state index in [1.54, 1.807) is 19.2 Å². The molecule has 8 heteroatoms. The second kappa shape index (κ2) is 5.99. The van der Waals surface area contributed by atoms with E-state index in [1.165, 1.54) is 0 Å². The Hall–Kier alpha value is -0.830. The van der Waals surface area contributed by atoms with Gasteiger partial charge in [0.25, 0.3) is 0 Å². The van der Waals surface area contributed by atoms with Gasteiger partial charge in [-0.05, 0) is 35.0 Å². The molecule has 1 fully saturated rings. The molecule has 0 aliphatic carbocycles. The first kappa shape index (κ1) is 16.0. The third-order valence-corrected chi connectivity index (χ3v) is 5.03. The van der Waals surface area contributed by atoms with E-state index in [1.807, 2.05) is 6.07 Å². The third kappa shape index (κ3) is 2.62. The molecule has 2 aromatic rings. The lowest BCUT2D eigenvalue weighted by molar-refractivity contribution is -0.267. The van der Waals surface area contributed by atoms with E-state index >= 15 is 0 Å². The molecular formula is C14H15BrClNO5. The van der Waals surface area contributed by atoms with Crippen LogP contribution >= 0.6 is 27.5 Å². The number of H-pyrrole nitrogens is 1. The highest BCUT2D eigenvalue weighted by molar-refractivity contribution is 9.10. The first-order chi connectivity index (χ1) is 10.4. The molecule has 4 N–H and O–H groups in total. The van der Waals surface area contributed by atoms with Crippen molar-refractivity contribution in [3.05, 3.63) is 27.8 Å². The first-order valence-corrected chi connectivity index (χ1v) is 7.88. The summed E-state index contributed by atoms with van der Waals surface area (Å²) in [5.41, 5.74) is 0.766. The van der Waals surface area contributed by atoms with Crippen LogP contribution in [0.1, 0.15) is 6.92 Å². The number of aliphatic hydroxyl groups is 3. The Labute approximate surface area is 139 Å². The number of aromatic amines is 1. The number of hydrogen-bond donors (Lipinski definition) is 4. The van der Waals surface area contributed by atoms with Crippen LogP contribution in [0.4, 0.5) is 0 Å². The average molecular weight is 393 g/mol. The Balaban J connectivity index is 1.92. The number of rotatable bonds is 2. The van der Waals surface area contributed by atoms with Gasteiger partial charge in [-0.1, -0.05) is 11.6 Å². The molecule has 1 aliphatic rings. The van der Waals surface area contributed by atoms with Gasteiger partial charge in [0.2, 0.25) is 6.29 Å². The fourth-order valence-corrected chi connectivity index (χ4v) is 3.04. The molecule has 0 radical (unpaired) electrons. The molecule has 1 aliphatic heterocycles. The van der Waals surface area contributed by atoms with E-state index in [0.717, 1.165) is 5.52 Å². The quantitative estimate of drug-likeness (QED) is 0.625. The summed E-state index contributed by atoms with van der Waals surface area (Å²) in [6.45, 7) is 1.59. The van der Waals surface area contributed by atoms with E-state index in [2.05, 4.69) is 20.9 Å². The summed E-state index contributed by atoms with van der Waals surface area (Å²) in [4.78, 5) is 3.01. The molecule has 120 valence electrons. The average Bonchev–Trinajstić information content (AvgIpc) is 2.90. The lowest BCUT2D eigenvalue weighted by Gasteiger charge is -2.38. The molecule has 0 amide bonds. The molecule has 5 atom stereocenters. The fourth-order valence-electron chi connectivity index (χ4n) is 2.46. The summed E-state index contributed by atoms with van der Waals surface area (Å²) < 4.78 is 11.8. The van der Waals surface area contributed by atoms with E-state index in [9.17, 15) is 15.3 Å². The second-order valence-electron chi connectivity index (χ2n) is 5.24. The summed E-state index contributed by atoms with van der Waals surface area (Å²) in [6, 6.07) is 3.64. The first-order valence-electron chi connectivity index (χ1n) is 6.71. The molecular weight excluding hydrogens is 378 g/mol. The highest BCUT2D eigenvalue weighted by atomic mass is 79.9. The number of benzene rings is 1. The number of hydrogen-bond acceptors (Lipinski definition) is 5. The van der Waals surface area contributed by atoms with Gasteiger partial charge in [0, 0.05) is 10.7 Å². The van der Waals surface area contributed by atoms with Crippen molar-refractivity contribution in [1.82, 2.24) is 4.98 Å². The maximum Gasteiger partial charge on any atom is 0.229 e. The summed E-state index contributed by atoms with van der Waals surface area (Å²) in [6.07, 6.45) is -4.07. The van der Waals surface area contributed by atoms with Crippen molar-refractivity contribution in [1.29, 1.82) is 0 Å². The van der Waals surface area contributed by atoms with Crippen LogP contribution in [0.3, 0.4) is 0 Å². The highest BCUT2D eigenvalue weighted by Gasteiger charge is 2.43. The number of halogens is 2. The third-order valence-electron chi connectivity index (χ3n) is 3.75. The van der Waals surface area contributed by atoms with Gasteiger partial charge < -0.3 is 29.8 Å². The van der Waals surface area contributed by atoms with E-state index in [0.29, 0.717) is 20.6 Å². The highest BCUT2D eigenvalue weighted by Crippen LogP contribution is 2.38. The van der Waals surface area contributed by atoms with Crippen LogP contribution in [-0.4, -0.2) is 51.0 Å². The number of aliphatic hydroxyl groups excluding tert-OH is 3. The van der Waals surface area contributed by atoms with Gasteiger partial charge in [0.15, 0.2) is 0 Å². The molecule has 0 spiro atoms. The SMILES string of the molecule is C[C@H]1O[C@@H](Oc2c[nH]c3ccc(Br)c(Cl)c23)[C@H](O)[C@@H](O)[C@@H]1O. The molecule has 3 rings (SSSR count). The Morgan fingerprint density at radius 1 is 1.23 bits per heavy atom. The summed E-state index contributed by atoms with van der Waals surface area (Å²) >= 11 is 9.61. The Morgan fingerprint density at radius 3 is 2.68 bits per heavy atom. The Morgan fingerprint density at radius 2 is 1.95 bits per heavy atom. The number of ether oxygens (including phenoxy) is 2. The van der Waals surface area contributed by atoms with Crippen LogP contribution in [0.25, 0.3) is 10.9 Å². The van der Waals surface area contributed by atoms with Crippen LogP contribution in [0.15, 0.2) is 22.8 Å². The lowest BCUT2D eigenvalue weighted by Crippen LogP contribution is -2.58. The monoisotopic (exact) mass is 391 g/mol. The summed E-state index contributed by atoms with van der Waals surface area (Å²) in [5, 5.41) is 30.6. The standard InChI is InChI=1S/C14H15BrClNO5/c1-5-11(18)12(19)13(20)14(21-5)22-8-4-17-7-3-2-6(15)10(16)9(7)8/h2-5,11-14,17-20H,1H3/t5-,11-,12+,13-,14+/m1/s1. The van der Waals surface area contributed by atoms with Crippen molar-refractivity contribution in [3.63, 3.8) is 0 Å². The lowest BCUT2D eigenvalue weighted by atomic mass is 10.00. The van der Waals surface area contributed by atoms with E-state index in [4.69, 9.17) is 21.1 Å². The van der Waals surface area contributed by atoms with Gasteiger partial charge >= 0.3 is 0 Å². The maximum absolute atomic E-state index is 10.0. The summed E-state index contributed by atoms with van der Waals surface area (Å²) in [5.74, 6) is 0.390. The van der Waals surface area contributed by atoms with Gasteiger partial charge in [-0.2, -0.15) is 0 Å². The molecule has 0 saturated carbocycles.